The van der Waals surface area contributed by atoms with Crippen molar-refractivity contribution in [2.75, 3.05) is 12.3 Å². The van der Waals surface area contributed by atoms with E-state index in [1.54, 1.807) is 0 Å². The van der Waals surface area contributed by atoms with Crippen molar-refractivity contribution in [1.82, 2.24) is 10.3 Å². The number of thiophene rings is 1. The number of hydrogen-bond acceptors (Lipinski definition) is 4. The van der Waals surface area contributed by atoms with Crippen molar-refractivity contribution in [3.8, 4) is 0 Å². The van der Waals surface area contributed by atoms with E-state index in [1.807, 2.05) is 0 Å². The van der Waals surface area contributed by atoms with Crippen LogP contribution in [-0.4, -0.2) is 23.2 Å². The van der Waals surface area contributed by atoms with Crippen molar-refractivity contribution in [3.63, 3.8) is 0 Å². The molecule has 24 heavy (non-hydrogen) atoms. The maximum absolute atomic E-state index is 12.5. The zero-order valence-electron chi connectivity index (χ0n) is 11.6. The van der Waals surface area contributed by atoms with Gasteiger partial charge in [-0.2, -0.15) is 13.2 Å². The summed E-state index contributed by atoms with van der Waals surface area (Å²) >= 11 is 19.6. The molecule has 0 saturated carbocycles. The Morgan fingerprint density at radius 3 is 2.54 bits per heavy atom. The summed E-state index contributed by atoms with van der Waals surface area (Å²) in [5, 5.41) is 2.80. The van der Waals surface area contributed by atoms with E-state index in [4.69, 9.17) is 34.8 Å². The van der Waals surface area contributed by atoms with Crippen LogP contribution < -0.4 is 5.32 Å². The lowest BCUT2D eigenvalue weighted by molar-refractivity contribution is -0.137. The fourth-order valence-corrected chi connectivity index (χ4v) is 4.10. The number of alkyl halides is 3. The number of rotatable bonds is 5. The fraction of sp³-hybridized carbons (Fsp3) is 0.231. The van der Waals surface area contributed by atoms with E-state index >= 15 is 0 Å². The number of aromatic nitrogens is 1. The van der Waals surface area contributed by atoms with Gasteiger partial charge in [-0.3, -0.25) is 4.79 Å². The highest BCUT2D eigenvalue weighted by molar-refractivity contribution is 7.99. The van der Waals surface area contributed by atoms with Gasteiger partial charge in [-0.25, -0.2) is 4.98 Å². The number of carbonyl (C=O) groups excluding carboxylic acids is 1. The van der Waals surface area contributed by atoms with E-state index in [2.05, 4.69) is 10.3 Å². The molecule has 0 radical (unpaired) electrons. The third-order valence-electron chi connectivity index (χ3n) is 2.66. The van der Waals surface area contributed by atoms with Crippen LogP contribution in [0.2, 0.25) is 13.7 Å². The molecular weight excluding hydrogens is 428 g/mol. The molecule has 2 rings (SSSR count). The van der Waals surface area contributed by atoms with Gasteiger partial charge in [-0.05, 0) is 12.1 Å². The quantitative estimate of drug-likeness (QED) is 0.488. The summed E-state index contributed by atoms with van der Waals surface area (Å²) in [7, 11) is 0. The zero-order valence-corrected chi connectivity index (χ0v) is 15.5. The van der Waals surface area contributed by atoms with Gasteiger partial charge < -0.3 is 5.32 Å². The molecule has 0 aliphatic carbocycles. The van der Waals surface area contributed by atoms with Crippen molar-refractivity contribution in [3.05, 3.63) is 43.2 Å². The molecule has 0 atom stereocenters. The summed E-state index contributed by atoms with van der Waals surface area (Å²) in [5.74, 6) is -0.00510. The first kappa shape index (κ1) is 19.7. The van der Waals surface area contributed by atoms with Gasteiger partial charge in [0.1, 0.15) is 9.36 Å². The van der Waals surface area contributed by atoms with Crippen LogP contribution in [-0.2, 0) is 6.18 Å². The fourth-order valence-electron chi connectivity index (χ4n) is 1.59. The molecule has 0 spiro atoms. The number of hydrogen-bond donors (Lipinski definition) is 1. The Kier molecular flexibility index (Phi) is 6.66. The van der Waals surface area contributed by atoms with Crippen molar-refractivity contribution in [2.45, 2.75) is 11.2 Å². The van der Waals surface area contributed by atoms with Crippen molar-refractivity contribution < 1.29 is 18.0 Å². The van der Waals surface area contributed by atoms with Gasteiger partial charge in [-0.1, -0.05) is 34.8 Å². The molecule has 2 aromatic rings. The first-order valence-electron chi connectivity index (χ1n) is 6.27. The van der Waals surface area contributed by atoms with Crippen LogP contribution in [0.4, 0.5) is 13.2 Å². The van der Waals surface area contributed by atoms with Crippen LogP contribution in [0.1, 0.15) is 15.9 Å². The lowest BCUT2D eigenvalue weighted by Crippen LogP contribution is -2.25. The van der Waals surface area contributed by atoms with E-state index in [-0.39, 0.29) is 32.4 Å². The van der Waals surface area contributed by atoms with Gasteiger partial charge in [0.2, 0.25) is 0 Å². The Hall–Kier alpha value is -0.670. The average molecular weight is 436 g/mol. The number of carbonyl (C=O) groups is 1. The first-order valence-corrected chi connectivity index (χ1v) is 9.20. The molecule has 0 fully saturated rings. The highest BCUT2D eigenvalue weighted by atomic mass is 35.5. The number of amides is 1. The Balaban J connectivity index is 1.86. The molecule has 2 aromatic heterocycles. The summed E-state index contributed by atoms with van der Waals surface area (Å²) in [5.41, 5.74) is -0.628. The molecule has 3 nitrogen and oxygen atoms in total. The minimum absolute atomic E-state index is 0.0891. The van der Waals surface area contributed by atoms with Crippen molar-refractivity contribution in [2.24, 2.45) is 0 Å². The van der Waals surface area contributed by atoms with Gasteiger partial charge in [0.15, 0.2) is 0 Å². The highest BCUT2D eigenvalue weighted by Crippen LogP contribution is 2.34. The minimum atomic E-state index is -4.49. The van der Waals surface area contributed by atoms with E-state index < -0.39 is 11.7 Å². The molecule has 0 aliphatic rings. The Bertz CT molecular complexity index is 753. The van der Waals surface area contributed by atoms with E-state index in [0.717, 1.165) is 35.4 Å². The number of halogens is 6. The summed E-state index contributed by atoms with van der Waals surface area (Å²) in [6.45, 7) is 0.256. The predicted molar refractivity (Wildman–Crippen MR) is 91.6 cm³/mol. The van der Waals surface area contributed by atoms with Crippen LogP contribution in [0.25, 0.3) is 0 Å². The second-order valence-corrected chi connectivity index (χ2v) is 8.13. The lowest BCUT2D eigenvalue weighted by atomic mass is 10.3. The second kappa shape index (κ2) is 8.14. The monoisotopic (exact) mass is 434 g/mol. The Morgan fingerprint density at radius 1 is 1.29 bits per heavy atom. The Morgan fingerprint density at radius 2 is 2.00 bits per heavy atom. The Labute approximate surface area is 158 Å². The van der Waals surface area contributed by atoms with Gasteiger partial charge in [0, 0.05) is 18.5 Å². The normalized spacial score (nSPS) is 11.6. The molecule has 1 amide bonds. The van der Waals surface area contributed by atoms with Crippen LogP contribution in [0.5, 0.6) is 0 Å². The largest absolute Gasteiger partial charge is 0.417 e. The molecular formula is C13H8Cl3F3N2OS2. The van der Waals surface area contributed by atoms with Crippen LogP contribution in [0.15, 0.2) is 23.4 Å². The molecule has 0 unspecified atom stereocenters. The SMILES string of the molecule is O=C(NCCSc1ncc(C(F)(F)F)cc1Cl)c1cc(Cl)sc1Cl. The number of nitrogens with one attached hydrogen (secondary N) is 1. The smallest absolute Gasteiger partial charge is 0.351 e. The van der Waals surface area contributed by atoms with Crippen LogP contribution >= 0.6 is 57.9 Å². The molecule has 2 heterocycles. The second-order valence-electron chi connectivity index (χ2n) is 4.35. The number of thioether (sulfide) groups is 1. The summed E-state index contributed by atoms with van der Waals surface area (Å²) in [4.78, 5) is 15.6. The third-order valence-corrected chi connectivity index (χ3v) is 5.56. The van der Waals surface area contributed by atoms with Crippen molar-refractivity contribution >= 4 is 63.8 Å². The first-order chi connectivity index (χ1) is 11.2. The maximum Gasteiger partial charge on any atom is 0.417 e. The van der Waals surface area contributed by atoms with Gasteiger partial charge in [-0.15, -0.1) is 23.1 Å². The molecule has 0 aliphatic heterocycles. The van der Waals surface area contributed by atoms with E-state index in [1.165, 1.54) is 6.07 Å². The zero-order chi connectivity index (χ0) is 17.9. The van der Waals surface area contributed by atoms with Crippen LogP contribution in [0, 0.1) is 0 Å². The average Bonchev–Trinajstić information content (AvgIpc) is 2.82. The molecule has 130 valence electrons. The number of nitrogens with zero attached hydrogens (tertiary/aromatic N) is 1. The van der Waals surface area contributed by atoms with Crippen LogP contribution in [0.3, 0.4) is 0 Å². The standard InChI is InChI=1S/C13H8Cl3F3N2OS2/c14-8-3-6(13(17,18)19)5-21-12(8)23-2-1-20-11(22)7-4-9(15)24-10(7)16/h3-5H,1-2H2,(H,20,22). The summed E-state index contributed by atoms with van der Waals surface area (Å²) in [6, 6.07) is 2.29. The topological polar surface area (TPSA) is 42.0 Å². The molecule has 0 saturated heterocycles. The summed E-state index contributed by atoms with van der Waals surface area (Å²) < 4.78 is 38.2. The lowest BCUT2D eigenvalue weighted by Gasteiger charge is -2.09. The number of pyridine rings is 1. The van der Waals surface area contributed by atoms with Gasteiger partial charge in [0.05, 0.1) is 20.5 Å². The molecule has 0 bridgehead atoms. The maximum atomic E-state index is 12.5. The molecule has 0 aromatic carbocycles. The molecule has 1 N–H and O–H groups in total. The predicted octanol–water partition coefficient (Wildman–Crippen LogP) is 5.64. The van der Waals surface area contributed by atoms with E-state index in [0.29, 0.717) is 10.1 Å². The van der Waals surface area contributed by atoms with Gasteiger partial charge >= 0.3 is 6.18 Å². The molecule has 11 heteroatoms. The minimum Gasteiger partial charge on any atom is -0.351 e. The summed E-state index contributed by atoms with van der Waals surface area (Å²) in [6.07, 6.45) is -3.77. The van der Waals surface area contributed by atoms with E-state index in [9.17, 15) is 18.0 Å². The highest BCUT2D eigenvalue weighted by Gasteiger charge is 2.31. The van der Waals surface area contributed by atoms with Gasteiger partial charge in [0.25, 0.3) is 5.91 Å². The third kappa shape index (κ3) is 5.16. The van der Waals surface area contributed by atoms with Crippen molar-refractivity contribution in [1.29, 1.82) is 0 Å².